The molecule has 0 saturated carbocycles. The molecule has 0 saturated heterocycles. The Hall–Kier alpha value is -2.00. The highest BCUT2D eigenvalue weighted by Gasteiger charge is 2.21. The first-order valence-corrected chi connectivity index (χ1v) is 10.8. The summed E-state index contributed by atoms with van der Waals surface area (Å²) < 4.78 is 5.72. The molecule has 0 fully saturated rings. The van der Waals surface area contributed by atoms with Crippen molar-refractivity contribution in [2.24, 2.45) is 0 Å². The number of hydrogen-bond acceptors (Lipinski definition) is 7. The normalized spacial score (nSPS) is 14.0. The van der Waals surface area contributed by atoms with Crippen molar-refractivity contribution in [2.45, 2.75) is 26.5 Å². The molecule has 3 heterocycles. The van der Waals surface area contributed by atoms with Crippen LogP contribution < -0.4 is 10.1 Å². The number of fused-ring (bicyclic) bond motifs is 1. The first-order chi connectivity index (χ1) is 13.5. The molecular formula is C19H19ClN4O2S2. The van der Waals surface area contributed by atoms with Gasteiger partial charge in [0, 0.05) is 29.4 Å². The lowest BCUT2D eigenvalue weighted by atomic mass is 10.2. The van der Waals surface area contributed by atoms with Crippen LogP contribution in [0.4, 0.5) is 5.13 Å². The van der Waals surface area contributed by atoms with Crippen molar-refractivity contribution in [3.05, 3.63) is 55.4 Å². The highest BCUT2D eigenvalue weighted by molar-refractivity contribution is 7.16. The lowest BCUT2D eigenvalue weighted by Crippen LogP contribution is -2.25. The molecule has 1 aromatic carbocycles. The van der Waals surface area contributed by atoms with Gasteiger partial charge in [-0.05, 0) is 38.2 Å². The third kappa shape index (κ3) is 4.35. The van der Waals surface area contributed by atoms with Gasteiger partial charge in [0.05, 0.1) is 11.4 Å². The number of likely N-dealkylation sites (N-methyl/N-ethyl adjacent to an activating group) is 1. The molecule has 0 aliphatic carbocycles. The lowest BCUT2D eigenvalue weighted by molar-refractivity contribution is 0.103. The SMILES string of the molecule is Cc1nc(COc2ccc(Cl)cc2)sc1C(=O)Nc1nc2c(s1)CN(C)CC2. The molecule has 0 bridgehead atoms. The Kier molecular flexibility index (Phi) is 5.63. The zero-order valence-electron chi connectivity index (χ0n) is 15.5. The maximum absolute atomic E-state index is 12.7. The van der Waals surface area contributed by atoms with Crippen LogP contribution in [0.15, 0.2) is 24.3 Å². The van der Waals surface area contributed by atoms with Crippen LogP contribution in [0.2, 0.25) is 5.02 Å². The van der Waals surface area contributed by atoms with E-state index >= 15 is 0 Å². The monoisotopic (exact) mass is 434 g/mol. The van der Waals surface area contributed by atoms with Crippen molar-refractivity contribution in [1.82, 2.24) is 14.9 Å². The molecule has 146 valence electrons. The number of carbonyl (C=O) groups is 1. The summed E-state index contributed by atoms with van der Waals surface area (Å²) in [7, 11) is 2.09. The van der Waals surface area contributed by atoms with Crippen LogP contribution in [0.25, 0.3) is 0 Å². The van der Waals surface area contributed by atoms with Crippen molar-refractivity contribution in [3.63, 3.8) is 0 Å². The van der Waals surface area contributed by atoms with Gasteiger partial charge in [0.1, 0.15) is 22.2 Å². The van der Waals surface area contributed by atoms with Gasteiger partial charge in [0.15, 0.2) is 5.13 Å². The van der Waals surface area contributed by atoms with Gasteiger partial charge in [-0.2, -0.15) is 0 Å². The second kappa shape index (κ2) is 8.16. The fourth-order valence-electron chi connectivity index (χ4n) is 2.93. The van der Waals surface area contributed by atoms with Gasteiger partial charge < -0.3 is 9.64 Å². The summed E-state index contributed by atoms with van der Waals surface area (Å²) in [5, 5.41) is 4.99. The summed E-state index contributed by atoms with van der Waals surface area (Å²) in [5.74, 6) is 0.536. The number of ether oxygens (including phenoxy) is 1. The van der Waals surface area contributed by atoms with Crippen molar-refractivity contribution < 1.29 is 9.53 Å². The minimum absolute atomic E-state index is 0.174. The molecule has 1 aliphatic heterocycles. The van der Waals surface area contributed by atoms with E-state index in [1.54, 1.807) is 35.6 Å². The van der Waals surface area contributed by atoms with Crippen LogP contribution in [0.1, 0.15) is 30.9 Å². The third-order valence-corrected chi connectivity index (χ3v) is 6.75. The Morgan fingerprint density at radius 2 is 2.07 bits per heavy atom. The van der Waals surface area contributed by atoms with E-state index in [0.29, 0.717) is 33.1 Å². The Morgan fingerprint density at radius 3 is 2.86 bits per heavy atom. The van der Waals surface area contributed by atoms with Crippen molar-refractivity contribution in [1.29, 1.82) is 0 Å². The lowest BCUT2D eigenvalue weighted by Gasteiger charge is -2.20. The average Bonchev–Trinajstić information content (AvgIpc) is 3.23. The highest BCUT2D eigenvalue weighted by atomic mass is 35.5. The van der Waals surface area contributed by atoms with E-state index in [9.17, 15) is 4.79 Å². The van der Waals surface area contributed by atoms with Gasteiger partial charge in [-0.25, -0.2) is 9.97 Å². The first-order valence-electron chi connectivity index (χ1n) is 8.81. The van der Waals surface area contributed by atoms with Gasteiger partial charge in [0.2, 0.25) is 0 Å². The molecule has 1 amide bonds. The van der Waals surface area contributed by atoms with Gasteiger partial charge in [-0.1, -0.05) is 11.6 Å². The van der Waals surface area contributed by atoms with Crippen LogP contribution in [-0.4, -0.2) is 34.4 Å². The molecular weight excluding hydrogens is 416 g/mol. The van der Waals surface area contributed by atoms with Crippen molar-refractivity contribution in [3.8, 4) is 5.75 Å². The highest BCUT2D eigenvalue weighted by Crippen LogP contribution is 2.29. The number of anilines is 1. The molecule has 0 unspecified atom stereocenters. The predicted molar refractivity (Wildman–Crippen MR) is 113 cm³/mol. The summed E-state index contributed by atoms with van der Waals surface area (Å²) in [5.41, 5.74) is 1.79. The summed E-state index contributed by atoms with van der Waals surface area (Å²) in [6.07, 6.45) is 0.921. The van der Waals surface area contributed by atoms with Gasteiger partial charge >= 0.3 is 0 Å². The number of halogens is 1. The third-order valence-electron chi connectivity index (χ3n) is 4.37. The summed E-state index contributed by atoms with van der Waals surface area (Å²) >= 11 is 8.76. The molecule has 0 spiro atoms. The van der Waals surface area contributed by atoms with Crippen LogP contribution in [0, 0.1) is 6.92 Å². The van der Waals surface area contributed by atoms with Crippen LogP contribution in [-0.2, 0) is 19.6 Å². The number of benzene rings is 1. The number of thiazole rings is 2. The molecule has 6 nitrogen and oxygen atoms in total. The summed E-state index contributed by atoms with van der Waals surface area (Å²) in [6.45, 7) is 4.01. The van der Waals surface area contributed by atoms with E-state index in [1.807, 2.05) is 6.92 Å². The molecule has 4 rings (SSSR count). The number of amides is 1. The molecule has 9 heteroatoms. The van der Waals surface area contributed by atoms with E-state index in [0.717, 1.165) is 30.2 Å². The quantitative estimate of drug-likeness (QED) is 0.645. The van der Waals surface area contributed by atoms with Crippen molar-refractivity contribution in [2.75, 3.05) is 18.9 Å². The number of nitrogens with zero attached hydrogens (tertiary/aromatic N) is 3. The topological polar surface area (TPSA) is 67.3 Å². The van der Waals surface area contributed by atoms with Crippen LogP contribution in [0.3, 0.4) is 0 Å². The molecule has 1 N–H and O–H groups in total. The fraction of sp³-hybridized carbons (Fsp3) is 0.316. The Morgan fingerprint density at radius 1 is 1.29 bits per heavy atom. The van der Waals surface area contributed by atoms with Crippen molar-refractivity contribution >= 4 is 45.3 Å². The Bertz CT molecular complexity index is 1000. The maximum Gasteiger partial charge on any atom is 0.269 e. The molecule has 0 radical (unpaired) electrons. The van der Waals surface area contributed by atoms with E-state index in [1.165, 1.54) is 16.2 Å². The zero-order chi connectivity index (χ0) is 19.7. The molecule has 28 heavy (non-hydrogen) atoms. The molecule has 0 atom stereocenters. The number of rotatable bonds is 5. The standard InChI is InChI=1S/C19H19ClN4O2S2/c1-11-17(28-16(21-11)10-26-13-5-3-12(20)4-6-13)18(25)23-19-22-14-7-8-24(2)9-15(14)27-19/h3-6H,7-10H2,1-2H3,(H,22,23,25). The smallest absolute Gasteiger partial charge is 0.269 e. The minimum Gasteiger partial charge on any atom is -0.486 e. The van der Waals surface area contributed by atoms with E-state index < -0.39 is 0 Å². The van der Waals surface area contributed by atoms with Crippen LogP contribution >= 0.6 is 34.3 Å². The molecule has 1 aliphatic rings. The average molecular weight is 435 g/mol. The van der Waals surface area contributed by atoms with E-state index in [4.69, 9.17) is 16.3 Å². The number of carbonyl (C=O) groups excluding carboxylic acids is 1. The first kappa shape index (κ1) is 19.3. The Labute approximate surface area is 176 Å². The van der Waals surface area contributed by atoms with Crippen LogP contribution in [0.5, 0.6) is 5.75 Å². The van der Waals surface area contributed by atoms with Gasteiger partial charge in [-0.15, -0.1) is 22.7 Å². The predicted octanol–water partition coefficient (Wildman–Crippen LogP) is 4.38. The summed E-state index contributed by atoms with van der Waals surface area (Å²) in [4.78, 5) is 25.8. The number of aromatic nitrogens is 2. The second-order valence-electron chi connectivity index (χ2n) is 6.60. The van der Waals surface area contributed by atoms with E-state index in [-0.39, 0.29) is 5.91 Å². The minimum atomic E-state index is -0.174. The zero-order valence-corrected chi connectivity index (χ0v) is 17.9. The summed E-state index contributed by atoms with van der Waals surface area (Å²) in [6, 6.07) is 7.15. The largest absolute Gasteiger partial charge is 0.486 e. The second-order valence-corrected chi connectivity index (χ2v) is 9.20. The van der Waals surface area contributed by atoms with E-state index in [2.05, 4.69) is 27.2 Å². The molecule has 3 aromatic rings. The maximum atomic E-state index is 12.7. The Balaban J connectivity index is 1.41. The van der Waals surface area contributed by atoms with Gasteiger partial charge in [-0.3, -0.25) is 10.1 Å². The molecule has 2 aromatic heterocycles. The number of hydrogen-bond donors (Lipinski definition) is 1. The number of nitrogens with one attached hydrogen (secondary N) is 1. The fourth-order valence-corrected chi connectivity index (χ4v) is 5.01. The van der Waals surface area contributed by atoms with Gasteiger partial charge in [0.25, 0.3) is 5.91 Å². The number of aryl methyl sites for hydroxylation is 1.